The molecule has 0 aliphatic heterocycles. The summed E-state index contributed by atoms with van der Waals surface area (Å²) < 4.78 is 1.04. The molecule has 0 bridgehead atoms. The molecule has 100 valence electrons. The highest BCUT2D eigenvalue weighted by atomic mass is 79.9. The van der Waals surface area contributed by atoms with Crippen molar-refractivity contribution < 1.29 is 4.79 Å². The van der Waals surface area contributed by atoms with Gasteiger partial charge in [0, 0.05) is 22.0 Å². The average molecular weight is 331 g/mol. The third kappa shape index (κ3) is 5.42. The van der Waals surface area contributed by atoms with E-state index < -0.39 is 0 Å². The van der Waals surface area contributed by atoms with E-state index in [2.05, 4.69) is 38.7 Å². The van der Waals surface area contributed by atoms with Gasteiger partial charge in [-0.2, -0.15) is 0 Å². The smallest absolute Gasteiger partial charge is 0.230 e. The first-order valence-corrected chi connectivity index (χ1v) is 7.66. The molecule has 0 radical (unpaired) electrons. The fourth-order valence-electron chi connectivity index (χ4n) is 1.51. The minimum absolute atomic E-state index is 0.0744. The third-order valence-corrected chi connectivity index (χ3v) is 3.80. The predicted octanol–water partition coefficient (Wildman–Crippen LogP) is 2.79. The number of carbonyl (C=O) groups is 1. The minimum atomic E-state index is 0.0744. The van der Waals surface area contributed by atoms with Crippen LogP contribution in [0.5, 0.6) is 0 Å². The second-order valence-corrected chi connectivity index (χ2v) is 6.23. The Bertz CT molecular complexity index is 410. The van der Waals surface area contributed by atoms with E-state index in [0.717, 1.165) is 15.9 Å². The summed E-state index contributed by atoms with van der Waals surface area (Å²) in [5.41, 5.74) is 1.21. The number of thioether (sulfide) groups is 1. The van der Waals surface area contributed by atoms with Gasteiger partial charge in [-0.1, -0.05) is 22.0 Å². The van der Waals surface area contributed by atoms with Crippen LogP contribution in [0.2, 0.25) is 0 Å². The van der Waals surface area contributed by atoms with Crippen LogP contribution in [0.4, 0.5) is 0 Å². The zero-order valence-corrected chi connectivity index (χ0v) is 13.3. The number of nitrogens with one attached hydrogen (secondary N) is 2. The van der Waals surface area contributed by atoms with E-state index in [1.54, 1.807) is 11.8 Å². The highest BCUT2D eigenvalue weighted by molar-refractivity contribution is 9.10. The van der Waals surface area contributed by atoms with Crippen LogP contribution in [0.3, 0.4) is 0 Å². The Morgan fingerprint density at radius 1 is 1.44 bits per heavy atom. The predicted molar refractivity (Wildman–Crippen MR) is 80.9 cm³/mol. The number of halogens is 1. The standard InChI is InChI=1S/C13H19BrN2OS/c1-9(2)16-13(17)8-18-12-6-11(14)5-4-10(12)7-15-3/h4-6,9,15H,7-8H2,1-3H3,(H,16,17). The normalized spacial score (nSPS) is 10.7. The first-order chi connectivity index (χ1) is 8.52. The van der Waals surface area contributed by atoms with Gasteiger partial charge in [0.05, 0.1) is 5.75 Å². The Labute approximate surface area is 121 Å². The Morgan fingerprint density at radius 2 is 2.17 bits per heavy atom. The van der Waals surface area contributed by atoms with Crippen molar-refractivity contribution in [1.29, 1.82) is 0 Å². The summed E-state index contributed by atoms with van der Waals surface area (Å²) in [4.78, 5) is 12.8. The molecular formula is C13H19BrN2OS. The molecule has 0 saturated carbocycles. The lowest BCUT2D eigenvalue weighted by molar-refractivity contribution is -0.119. The summed E-state index contributed by atoms with van der Waals surface area (Å²) in [6.07, 6.45) is 0. The minimum Gasteiger partial charge on any atom is -0.353 e. The van der Waals surface area contributed by atoms with Gasteiger partial charge in [0.2, 0.25) is 5.91 Å². The maximum atomic E-state index is 11.6. The van der Waals surface area contributed by atoms with Crippen LogP contribution in [0.15, 0.2) is 27.6 Å². The van der Waals surface area contributed by atoms with Crippen molar-refractivity contribution in [3.05, 3.63) is 28.2 Å². The van der Waals surface area contributed by atoms with E-state index in [1.807, 2.05) is 27.0 Å². The van der Waals surface area contributed by atoms with Crippen LogP contribution in [0.25, 0.3) is 0 Å². The number of rotatable bonds is 6. The van der Waals surface area contributed by atoms with Crippen LogP contribution >= 0.6 is 27.7 Å². The van der Waals surface area contributed by atoms with E-state index in [4.69, 9.17) is 0 Å². The second kappa shape index (κ2) is 7.81. The molecule has 18 heavy (non-hydrogen) atoms. The molecule has 0 aliphatic rings. The molecule has 5 heteroatoms. The molecule has 0 fully saturated rings. The molecule has 1 rings (SSSR count). The summed E-state index contributed by atoms with van der Waals surface area (Å²) in [5.74, 6) is 0.524. The fraction of sp³-hybridized carbons (Fsp3) is 0.462. The molecule has 0 spiro atoms. The zero-order chi connectivity index (χ0) is 13.5. The maximum absolute atomic E-state index is 11.6. The van der Waals surface area contributed by atoms with E-state index in [0.29, 0.717) is 5.75 Å². The molecule has 1 aromatic rings. The van der Waals surface area contributed by atoms with Gasteiger partial charge in [0.25, 0.3) is 0 Å². The topological polar surface area (TPSA) is 41.1 Å². The van der Waals surface area contributed by atoms with Crippen molar-refractivity contribution in [2.24, 2.45) is 0 Å². The van der Waals surface area contributed by atoms with E-state index >= 15 is 0 Å². The summed E-state index contributed by atoms with van der Waals surface area (Å²) in [7, 11) is 1.92. The molecular weight excluding hydrogens is 312 g/mol. The van der Waals surface area contributed by atoms with E-state index in [9.17, 15) is 4.79 Å². The van der Waals surface area contributed by atoms with Crippen molar-refractivity contribution in [3.63, 3.8) is 0 Å². The Hall–Kier alpha value is -0.520. The average Bonchev–Trinajstić information content (AvgIpc) is 2.29. The molecule has 0 saturated heterocycles. The van der Waals surface area contributed by atoms with Crippen molar-refractivity contribution >= 4 is 33.6 Å². The number of amides is 1. The molecule has 1 amide bonds. The van der Waals surface area contributed by atoms with Gasteiger partial charge in [-0.15, -0.1) is 11.8 Å². The fourth-order valence-corrected chi connectivity index (χ4v) is 2.92. The van der Waals surface area contributed by atoms with Crippen molar-refractivity contribution in [2.45, 2.75) is 31.3 Å². The van der Waals surface area contributed by atoms with Gasteiger partial charge < -0.3 is 10.6 Å². The van der Waals surface area contributed by atoms with Crippen molar-refractivity contribution in [1.82, 2.24) is 10.6 Å². The number of carbonyl (C=O) groups excluding carboxylic acids is 1. The summed E-state index contributed by atoms with van der Waals surface area (Å²) in [5, 5.41) is 6.03. The SMILES string of the molecule is CNCc1ccc(Br)cc1SCC(=O)NC(C)C. The lowest BCUT2D eigenvalue weighted by Crippen LogP contribution is -2.31. The number of hydrogen-bond acceptors (Lipinski definition) is 3. The lowest BCUT2D eigenvalue weighted by atomic mass is 10.2. The molecule has 2 N–H and O–H groups in total. The quantitative estimate of drug-likeness (QED) is 0.788. The van der Waals surface area contributed by atoms with Gasteiger partial charge in [0.1, 0.15) is 0 Å². The van der Waals surface area contributed by atoms with E-state index in [-0.39, 0.29) is 11.9 Å². The Balaban J connectivity index is 2.65. The molecule has 0 aromatic heterocycles. The maximum Gasteiger partial charge on any atom is 0.230 e. The van der Waals surface area contributed by atoms with Gasteiger partial charge in [-0.25, -0.2) is 0 Å². The van der Waals surface area contributed by atoms with Crippen molar-refractivity contribution in [3.8, 4) is 0 Å². The van der Waals surface area contributed by atoms with Crippen molar-refractivity contribution in [2.75, 3.05) is 12.8 Å². The number of hydrogen-bond donors (Lipinski definition) is 2. The number of benzene rings is 1. The molecule has 0 atom stereocenters. The third-order valence-electron chi connectivity index (χ3n) is 2.20. The molecule has 0 unspecified atom stereocenters. The van der Waals surface area contributed by atoms with Crippen LogP contribution in [0.1, 0.15) is 19.4 Å². The van der Waals surface area contributed by atoms with Crippen LogP contribution in [-0.2, 0) is 11.3 Å². The Kier molecular flexibility index (Phi) is 6.75. The van der Waals surface area contributed by atoms with Crippen LogP contribution < -0.4 is 10.6 Å². The largest absolute Gasteiger partial charge is 0.353 e. The highest BCUT2D eigenvalue weighted by Crippen LogP contribution is 2.26. The first kappa shape index (κ1) is 15.5. The summed E-state index contributed by atoms with van der Waals surface area (Å²) >= 11 is 5.03. The molecule has 1 aromatic carbocycles. The first-order valence-electron chi connectivity index (χ1n) is 5.88. The molecule has 0 heterocycles. The van der Waals surface area contributed by atoms with Gasteiger partial charge in [0.15, 0.2) is 0 Å². The lowest BCUT2D eigenvalue weighted by Gasteiger charge is -2.11. The van der Waals surface area contributed by atoms with Crippen LogP contribution in [-0.4, -0.2) is 24.7 Å². The van der Waals surface area contributed by atoms with E-state index in [1.165, 1.54) is 5.56 Å². The molecule has 3 nitrogen and oxygen atoms in total. The summed E-state index contributed by atoms with van der Waals surface area (Å²) in [6, 6.07) is 6.34. The van der Waals surface area contributed by atoms with Gasteiger partial charge in [-0.3, -0.25) is 4.79 Å². The zero-order valence-electron chi connectivity index (χ0n) is 10.9. The second-order valence-electron chi connectivity index (χ2n) is 4.29. The molecule has 0 aliphatic carbocycles. The van der Waals surface area contributed by atoms with Crippen LogP contribution in [0, 0.1) is 0 Å². The Morgan fingerprint density at radius 3 is 2.78 bits per heavy atom. The van der Waals surface area contributed by atoms with Gasteiger partial charge in [-0.05, 0) is 38.6 Å². The summed E-state index contributed by atoms with van der Waals surface area (Å²) in [6.45, 7) is 4.74. The highest BCUT2D eigenvalue weighted by Gasteiger charge is 2.08. The monoisotopic (exact) mass is 330 g/mol. The van der Waals surface area contributed by atoms with Gasteiger partial charge >= 0.3 is 0 Å².